The lowest BCUT2D eigenvalue weighted by atomic mass is 9.89. The molecule has 0 radical (unpaired) electrons. The second-order valence-corrected chi connectivity index (χ2v) is 6.44. The third-order valence-corrected chi connectivity index (χ3v) is 4.76. The summed E-state index contributed by atoms with van der Waals surface area (Å²) in [6, 6.07) is 12.1. The van der Waals surface area contributed by atoms with Crippen LogP contribution in [0.1, 0.15) is 29.2 Å². The van der Waals surface area contributed by atoms with Crippen LogP contribution in [0.4, 0.5) is 19.0 Å². The van der Waals surface area contributed by atoms with Crippen molar-refractivity contribution in [2.75, 3.05) is 12.4 Å². The zero-order chi connectivity index (χ0) is 19.9. The average molecular weight is 387 g/mol. The second-order valence-electron chi connectivity index (χ2n) is 6.44. The SMILES string of the molecule is COc1ccccc1[C@H]1CC(=O)Nc2c1ncn2-c1ccc(C(F)(F)F)cc1. The minimum Gasteiger partial charge on any atom is -0.496 e. The van der Waals surface area contributed by atoms with Gasteiger partial charge in [-0.3, -0.25) is 9.36 Å². The van der Waals surface area contributed by atoms with Gasteiger partial charge in [0.2, 0.25) is 5.91 Å². The fourth-order valence-electron chi connectivity index (χ4n) is 3.42. The molecule has 1 aliphatic heterocycles. The van der Waals surface area contributed by atoms with E-state index in [-0.39, 0.29) is 18.2 Å². The molecular formula is C20H16F3N3O2. The van der Waals surface area contributed by atoms with Crippen LogP contribution in [-0.4, -0.2) is 22.6 Å². The van der Waals surface area contributed by atoms with E-state index in [0.29, 0.717) is 22.9 Å². The molecule has 1 aliphatic rings. The number of benzene rings is 2. The summed E-state index contributed by atoms with van der Waals surface area (Å²) in [5.74, 6) is 0.594. The van der Waals surface area contributed by atoms with Gasteiger partial charge in [0.1, 0.15) is 17.9 Å². The van der Waals surface area contributed by atoms with Crippen molar-refractivity contribution < 1.29 is 22.7 Å². The number of aromatic nitrogens is 2. The van der Waals surface area contributed by atoms with Crippen molar-refractivity contribution in [3.05, 3.63) is 71.7 Å². The molecule has 1 N–H and O–H groups in total. The van der Waals surface area contributed by atoms with Gasteiger partial charge in [-0.15, -0.1) is 0 Å². The summed E-state index contributed by atoms with van der Waals surface area (Å²) in [7, 11) is 1.56. The summed E-state index contributed by atoms with van der Waals surface area (Å²) < 4.78 is 45.4. The van der Waals surface area contributed by atoms with Crippen LogP contribution in [0, 0.1) is 0 Å². The lowest BCUT2D eigenvalue weighted by molar-refractivity contribution is -0.137. The van der Waals surface area contributed by atoms with Gasteiger partial charge >= 0.3 is 6.18 Å². The van der Waals surface area contributed by atoms with E-state index in [1.807, 2.05) is 24.3 Å². The van der Waals surface area contributed by atoms with Gasteiger partial charge < -0.3 is 10.1 Å². The highest BCUT2D eigenvalue weighted by molar-refractivity contribution is 5.94. The van der Waals surface area contributed by atoms with Gasteiger partial charge in [-0.05, 0) is 30.3 Å². The molecule has 0 bridgehead atoms. The number of hydrogen-bond acceptors (Lipinski definition) is 3. The second kappa shape index (κ2) is 6.70. The van der Waals surface area contributed by atoms with Crippen LogP contribution in [-0.2, 0) is 11.0 Å². The van der Waals surface area contributed by atoms with Crippen LogP contribution < -0.4 is 10.1 Å². The summed E-state index contributed by atoms with van der Waals surface area (Å²) in [5, 5.41) is 2.79. The smallest absolute Gasteiger partial charge is 0.416 e. The number of ether oxygens (including phenoxy) is 1. The fraction of sp³-hybridized carbons (Fsp3) is 0.200. The molecule has 4 rings (SSSR count). The number of para-hydroxylation sites is 1. The molecule has 144 valence electrons. The number of nitrogens with zero attached hydrogens (tertiary/aromatic N) is 2. The molecule has 0 aliphatic carbocycles. The quantitative estimate of drug-likeness (QED) is 0.726. The summed E-state index contributed by atoms with van der Waals surface area (Å²) in [6.07, 6.45) is -2.70. The Morgan fingerprint density at radius 2 is 1.86 bits per heavy atom. The van der Waals surface area contributed by atoms with Crippen LogP contribution in [0.25, 0.3) is 5.69 Å². The van der Waals surface area contributed by atoms with E-state index in [1.54, 1.807) is 11.7 Å². The van der Waals surface area contributed by atoms with E-state index >= 15 is 0 Å². The lowest BCUT2D eigenvalue weighted by Gasteiger charge is -2.24. The summed E-state index contributed by atoms with van der Waals surface area (Å²) in [4.78, 5) is 16.8. The van der Waals surface area contributed by atoms with Gasteiger partial charge in [0.05, 0.1) is 18.4 Å². The Labute approximate surface area is 158 Å². The molecule has 2 heterocycles. The molecule has 2 aromatic carbocycles. The number of amides is 1. The molecular weight excluding hydrogens is 371 g/mol. The molecule has 5 nitrogen and oxygen atoms in total. The van der Waals surface area contributed by atoms with Gasteiger partial charge in [-0.2, -0.15) is 13.2 Å². The molecule has 8 heteroatoms. The molecule has 0 saturated carbocycles. The predicted octanol–water partition coefficient (Wildman–Crippen LogP) is 4.37. The number of alkyl halides is 3. The van der Waals surface area contributed by atoms with Crippen molar-refractivity contribution in [2.24, 2.45) is 0 Å². The normalized spacial score (nSPS) is 16.4. The van der Waals surface area contributed by atoms with Gasteiger partial charge in [0, 0.05) is 23.6 Å². The maximum Gasteiger partial charge on any atom is 0.416 e. The first-order chi connectivity index (χ1) is 13.4. The number of imidazole rings is 1. The van der Waals surface area contributed by atoms with Crippen molar-refractivity contribution >= 4 is 11.7 Å². The summed E-state index contributed by atoms with van der Waals surface area (Å²) >= 11 is 0. The molecule has 1 amide bonds. The summed E-state index contributed by atoms with van der Waals surface area (Å²) in [5.41, 5.74) is 1.21. The largest absolute Gasteiger partial charge is 0.496 e. The van der Waals surface area contributed by atoms with E-state index in [4.69, 9.17) is 4.74 Å². The minimum absolute atomic E-state index is 0.197. The highest BCUT2D eigenvalue weighted by Crippen LogP contribution is 2.40. The first-order valence-corrected chi connectivity index (χ1v) is 8.56. The lowest BCUT2D eigenvalue weighted by Crippen LogP contribution is -2.25. The van der Waals surface area contributed by atoms with Crippen LogP contribution in [0.3, 0.4) is 0 Å². The monoisotopic (exact) mass is 387 g/mol. The first kappa shape index (κ1) is 18.1. The van der Waals surface area contributed by atoms with Gasteiger partial charge in [0.15, 0.2) is 0 Å². The zero-order valence-electron chi connectivity index (χ0n) is 14.8. The summed E-state index contributed by atoms with van der Waals surface area (Å²) in [6.45, 7) is 0. The highest BCUT2D eigenvalue weighted by Gasteiger charge is 2.33. The number of halogens is 3. The Morgan fingerprint density at radius 1 is 1.14 bits per heavy atom. The molecule has 1 atom stereocenters. The fourth-order valence-corrected chi connectivity index (χ4v) is 3.42. The maximum atomic E-state index is 12.8. The van der Waals surface area contributed by atoms with E-state index < -0.39 is 11.7 Å². The number of nitrogens with one attached hydrogen (secondary N) is 1. The Hall–Kier alpha value is -3.29. The van der Waals surface area contributed by atoms with Gasteiger partial charge in [0.25, 0.3) is 0 Å². The van der Waals surface area contributed by atoms with Crippen molar-refractivity contribution in [1.82, 2.24) is 9.55 Å². The Kier molecular flexibility index (Phi) is 4.33. The Morgan fingerprint density at radius 3 is 2.54 bits per heavy atom. The zero-order valence-corrected chi connectivity index (χ0v) is 14.8. The van der Waals surface area contributed by atoms with Crippen LogP contribution in [0.15, 0.2) is 54.9 Å². The Balaban J connectivity index is 1.77. The maximum absolute atomic E-state index is 12.8. The van der Waals surface area contributed by atoms with Crippen molar-refractivity contribution in [1.29, 1.82) is 0 Å². The van der Waals surface area contributed by atoms with Crippen LogP contribution in [0.2, 0.25) is 0 Å². The van der Waals surface area contributed by atoms with Gasteiger partial charge in [-0.25, -0.2) is 4.98 Å². The molecule has 0 spiro atoms. The van der Waals surface area contributed by atoms with Crippen molar-refractivity contribution in [2.45, 2.75) is 18.5 Å². The van der Waals surface area contributed by atoms with E-state index in [1.165, 1.54) is 18.5 Å². The topological polar surface area (TPSA) is 56.1 Å². The number of carbonyl (C=O) groups is 1. The van der Waals surface area contributed by atoms with E-state index in [0.717, 1.165) is 17.7 Å². The van der Waals surface area contributed by atoms with Crippen molar-refractivity contribution in [3.8, 4) is 11.4 Å². The minimum atomic E-state index is -4.41. The first-order valence-electron chi connectivity index (χ1n) is 8.56. The molecule has 1 aromatic heterocycles. The molecule has 3 aromatic rings. The van der Waals surface area contributed by atoms with Crippen molar-refractivity contribution in [3.63, 3.8) is 0 Å². The van der Waals surface area contributed by atoms with Crippen LogP contribution >= 0.6 is 0 Å². The average Bonchev–Trinajstić information content (AvgIpc) is 3.10. The van der Waals surface area contributed by atoms with E-state index in [9.17, 15) is 18.0 Å². The number of methoxy groups -OCH3 is 1. The molecule has 0 saturated heterocycles. The molecule has 28 heavy (non-hydrogen) atoms. The number of fused-ring (bicyclic) bond motifs is 1. The number of anilines is 1. The third kappa shape index (κ3) is 3.11. The number of carbonyl (C=O) groups excluding carboxylic acids is 1. The van der Waals surface area contributed by atoms with E-state index in [2.05, 4.69) is 10.3 Å². The molecule has 0 unspecified atom stereocenters. The highest BCUT2D eigenvalue weighted by atomic mass is 19.4. The number of hydrogen-bond donors (Lipinski definition) is 1. The predicted molar refractivity (Wildman–Crippen MR) is 96.6 cm³/mol. The van der Waals surface area contributed by atoms with Crippen LogP contribution in [0.5, 0.6) is 5.75 Å². The van der Waals surface area contributed by atoms with Gasteiger partial charge in [-0.1, -0.05) is 18.2 Å². The Bertz CT molecular complexity index is 1030. The number of rotatable bonds is 3. The standard InChI is InChI=1S/C20H16F3N3O2/c1-28-16-5-3-2-4-14(16)15-10-17(27)25-19-18(15)24-11-26(19)13-8-6-12(7-9-13)20(21,22)23/h2-9,11,15H,10H2,1H3,(H,25,27)/t15-/m1/s1. The molecule has 0 fully saturated rings. The third-order valence-electron chi connectivity index (χ3n) is 4.76.